The van der Waals surface area contributed by atoms with E-state index < -0.39 is 18.3 Å². The van der Waals surface area contributed by atoms with Gasteiger partial charge in [0.1, 0.15) is 0 Å². The van der Waals surface area contributed by atoms with Crippen LogP contribution in [0.15, 0.2) is 18.2 Å². The van der Waals surface area contributed by atoms with Crippen molar-refractivity contribution in [2.24, 2.45) is 11.8 Å². The summed E-state index contributed by atoms with van der Waals surface area (Å²) in [7, 11) is 0. The van der Waals surface area contributed by atoms with E-state index in [4.69, 9.17) is 5.11 Å². The normalized spacial score (nSPS) is 25.0. The molecule has 0 radical (unpaired) electrons. The number of hydrogen-bond donors (Lipinski definition) is 1. The van der Waals surface area contributed by atoms with Crippen LogP contribution in [-0.4, -0.2) is 22.5 Å². The molecule has 2 atom stereocenters. The molecule has 0 aromatic heterocycles. The van der Waals surface area contributed by atoms with Crippen LogP contribution in [0.3, 0.4) is 0 Å². The first-order chi connectivity index (χ1) is 9.40. The Balaban J connectivity index is 1.87. The van der Waals surface area contributed by atoms with Crippen LogP contribution in [0.4, 0.5) is 13.2 Å². The molecule has 6 heteroatoms. The first-order valence-corrected chi connectivity index (χ1v) is 6.49. The van der Waals surface area contributed by atoms with E-state index in [1.165, 1.54) is 17.0 Å². The van der Waals surface area contributed by atoms with Crippen LogP contribution in [0.2, 0.25) is 0 Å². The number of carbonyl (C=O) groups excluding carboxylic acids is 1. The molecular formula is C14H14F3NO2. The standard InChI is InChI=1S/C14H14F3NO2/c15-14(16,17)12-3-8(7-19)1-2-9(12)5-18-6-10-4-11(10)13(18)20/h1-3,10-11,19H,4-7H2. The van der Waals surface area contributed by atoms with E-state index in [2.05, 4.69) is 0 Å². The van der Waals surface area contributed by atoms with Gasteiger partial charge in [0, 0.05) is 19.0 Å². The number of nitrogens with zero attached hydrogens (tertiary/aromatic N) is 1. The average Bonchev–Trinajstić information content (AvgIpc) is 3.09. The number of halogens is 3. The van der Waals surface area contributed by atoms with Crippen molar-refractivity contribution in [1.29, 1.82) is 0 Å². The van der Waals surface area contributed by atoms with E-state index >= 15 is 0 Å². The molecule has 1 aliphatic heterocycles. The second-order valence-electron chi connectivity index (χ2n) is 5.47. The quantitative estimate of drug-likeness (QED) is 0.924. The number of rotatable bonds is 3. The van der Waals surface area contributed by atoms with Gasteiger partial charge in [-0.15, -0.1) is 0 Å². The van der Waals surface area contributed by atoms with Crippen molar-refractivity contribution in [2.45, 2.75) is 25.7 Å². The van der Waals surface area contributed by atoms with Crippen molar-refractivity contribution in [2.75, 3.05) is 6.54 Å². The van der Waals surface area contributed by atoms with Gasteiger partial charge in [0.25, 0.3) is 0 Å². The van der Waals surface area contributed by atoms with Gasteiger partial charge in [0.05, 0.1) is 12.2 Å². The van der Waals surface area contributed by atoms with Crippen LogP contribution >= 0.6 is 0 Å². The molecule has 1 saturated carbocycles. The molecule has 2 aliphatic rings. The van der Waals surface area contributed by atoms with Gasteiger partial charge in [-0.3, -0.25) is 4.79 Å². The minimum Gasteiger partial charge on any atom is -0.392 e. The highest BCUT2D eigenvalue weighted by Crippen LogP contribution is 2.46. The summed E-state index contributed by atoms with van der Waals surface area (Å²) in [5, 5.41) is 8.95. The molecule has 1 aromatic carbocycles. The van der Waals surface area contributed by atoms with Crippen molar-refractivity contribution in [3.05, 3.63) is 34.9 Å². The molecule has 1 aromatic rings. The number of likely N-dealkylation sites (tertiary alicyclic amines) is 1. The summed E-state index contributed by atoms with van der Waals surface area (Å²) < 4.78 is 39.1. The molecule has 1 heterocycles. The molecule has 1 N–H and O–H groups in total. The van der Waals surface area contributed by atoms with Gasteiger partial charge >= 0.3 is 6.18 Å². The van der Waals surface area contributed by atoms with Crippen LogP contribution in [0.5, 0.6) is 0 Å². The maximum absolute atomic E-state index is 13.0. The van der Waals surface area contributed by atoms with E-state index in [0.29, 0.717) is 12.5 Å². The smallest absolute Gasteiger partial charge is 0.392 e. The van der Waals surface area contributed by atoms with Crippen molar-refractivity contribution >= 4 is 5.91 Å². The lowest BCUT2D eigenvalue weighted by atomic mass is 10.0. The van der Waals surface area contributed by atoms with E-state index in [-0.39, 0.29) is 29.5 Å². The van der Waals surface area contributed by atoms with Gasteiger partial charge in [0.2, 0.25) is 5.91 Å². The number of fused-ring (bicyclic) bond motifs is 1. The molecule has 1 saturated heterocycles. The second-order valence-corrected chi connectivity index (χ2v) is 5.47. The van der Waals surface area contributed by atoms with Gasteiger partial charge in [0.15, 0.2) is 0 Å². The highest BCUT2D eigenvalue weighted by Gasteiger charge is 2.52. The number of aliphatic hydroxyl groups excluding tert-OH is 1. The van der Waals surface area contributed by atoms with Crippen molar-refractivity contribution in [3.63, 3.8) is 0 Å². The predicted molar refractivity (Wildman–Crippen MR) is 64.4 cm³/mol. The Morgan fingerprint density at radius 3 is 2.65 bits per heavy atom. The molecule has 1 amide bonds. The van der Waals surface area contributed by atoms with Gasteiger partial charge in [-0.25, -0.2) is 0 Å². The topological polar surface area (TPSA) is 40.5 Å². The first kappa shape index (κ1) is 13.4. The molecule has 0 bridgehead atoms. The summed E-state index contributed by atoms with van der Waals surface area (Å²) >= 11 is 0. The predicted octanol–water partition coefficient (Wildman–Crippen LogP) is 2.18. The third-order valence-corrected chi connectivity index (χ3v) is 4.03. The summed E-state index contributed by atoms with van der Waals surface area (Å²) in [5.41, 5.74) is -0.460. The number of benzene rings is 1. The highest BCUT2D eigenvalue weighted by molar-refractivity contribution is 5.84. The third kappa shape index (κ3) is 2.28. The van der Waals surface area contributed by atoms with E-state index in [1.807, 2.05) is 0 Å². The molecule has 0 spiro atoms. The summed E-state index contributed by atoms with van der Waals surface area (Å²) in [6.45, 7) is 0.116. The van der Waals surface area contributed by atoms with Gasteiger partial charge in [-0.05, 0) is 29.5 Å². The Morgan fingerprint density at radius 2 is 2.10 bits per heavy atom. The molecule has 1 aliphatic carbocycles. The van der Waals surface area contributed by atoms with E-state index in [0.717, 1.165) is 12.5 Å². The summed E-state index contributed by atoms with van der Waals surface area (Å²) in [4.78, 5) is 13.3. The fourth-order valence-electron chi connectivity index (χ4n) is 2.83. The molecular weight excluding hydrogens is 271 g/mol. The number of piperidine rings is 1. The van der Waals surface area contributed by atoms with Gasteiger partial charge in [-0.2, -0.15) is 13.2 Å². The minimum absolute atomic E-state index is 0.00755. The van der Waals surface area contributed by atoms with Crippen LogP contribution < -0.4 is 0 Å². The zero-order valence-corrected chi connectivity index (χ0v) is 10.7. The molecule has 2 fully saturated rings. The monoisotopic (exact) mass is 285 g/mol. The van der Waals surface area contributed by atoms with Crippen molar-refractivity contribution in [3.8, 4) is 0 Å². The largest absolute Gasteiger partial charge is 0.416 e. The molecule has 3 rings (SSSR count). The Labute approximate surface area is 114 Å². The maximum atomic E-state index is 13.0. The van der Waals surface area contributed by atoms with Gasteiger partial charge in [-0.1, -0.05) is 12.1 Å². The van der Waals surface area contributed by atoms with Crippen molar-refractivity contribution in [1.82, 2.24) is 4.90 Å². The third-order valence-electron chi connectivity index (χ3n) is 4.03. The fourth-order valence-corrected chi connectivity index (χ4v) is 2.83. The molecule has 2 unspecified atom stereocenters. The zero-order valence-electron chi connectivity index (χ0n) is 10.7. The lowest BCUT2D eigenvalue weighted by Gasteiger charge is -2.21. The number of amides is 1. The highest BCUT2D eigenvalue weighted by atomic mass is 19.4. The van der Waals surface area contributed by atoms with Crippen LogP contribution in [0, 0.1) is 11.8 Å². The van der Waals surface area contributed by atoms with Gasteiger partial charge < -0.3 is 10.0 Å². The van der Waals surface area contributed by atoms with Crippen LogP contribution in [-0.2, 0) is 24.1 Å². The molecule has 108 valence electrons. The number of alkyl halides is 3. The molecule has 3 nitrogen and oxygen atoms in total. The number of carbonyl (C=O) groups is 1. The van der Waals surface area contributed by atoms with E-state index in [1.54, 1.807) is 0 Å². The summed E-state index contributed by atoms with van der Waals surface area (Å²) in [6, 6.07) is 3.77. The van der Waals surface area contributed by atoms with Crippen LogP contribution in [0.1, 0.15) is 23.1 Å². The SMILES string of the molecule is O=C1C2CC2CN1Cc1ccc(CO)cc1C(F)(F)F. The van der Waals surface area contributed by atoms with Crippen molar-refractivity contribution < 1.29 is 23.1 Å². The lowest BCUT2D eigenvalue weighted by molar-refractivity contribution is -0.139. The number of hydrogen-bond acceptors (Lipinski definition) is 2. The number of aliphatic hydroxyl groups is 1. The average molecular weight is 285 g/mol. The van der Waals surface area contributed by atoms with Crippen LogP contribution in [0.25, 0.3) is 0 Å². The second kappa shape index (κ2) is 4.48. The summed E-state index contributed by atoms with van der Waals surface area (Å²) in [5.74, 6) is 0.351. The Bertz CT molecular complexity index is 556. The first-order valence-electron chi connectivity index (χ1n) is 6.49. The van der Waals surface area contributed by atoms with E-state index in [9.17, 15) is 18.0 Å². The Hall–Kier alpha value is -1.56. The lowest BCUT2D eigenvalue weighted by Crippen LogP contribution is -2.29. The summed E-state index contributed by atoms with van der Waals surface area (Å²) in [6.07, 6.45) is -3.60. The minimum atomic E-state index is -4.48. The maximum Gasteiger partial charge on any atom is 0.416 e. The fraction of sp³-hybridized carbons (Fsp3) is 0.500. The Morgan fingerprint density at radius 1 is 1.35 bits per heavy atom. The molecule has 20 heavy (non-hydrogen) atoms. The zero-order chi connectivity index (χ0) is 14.5. The Kier molecular flexibility index (Phi) is 3.01.